The fraction of sp³-hybridized carbons (Fsp3) is 0.143. The van der Waals surface area contributed by atoms with E-state index in [0.717, 1.165) is 12.3 Å². The highest BCUT2D eigenvalue weighted by atomic mass is 127. The normalized spacial score (nSPS) is 10.5. The third kappa shape index (κ3) is 2.33. The number of alkyl halides is 2. The lowest BCUT2D eigenvalue weighted by molar-refractivity contribution is 0.0689. The molecule has 0 spiro atoms. The molecule has 0 amide bonds. The van der Waals surface area contributed by atoms with Gasteiger partial charge >= 0.3 is 5.97 Å². The second kappa shape index (κ2) is 3.95. The van der Waals surface area contributed by atoms with Crippen LogP contribution in [0.1, 0.15) is 22.5 Å². The van der Waals surface area contributed by atoms with Gasteiger partial charge in [-0.1, -0.05) is 0 Å². The molecule has 1 aromatic heterocycles. The number of hydrogen-bond donors (Lipinski definition) is 1. The largest absolute Gasteiger partial charge is 0.477 e. The molecular weight excluding hydrogens is 295 g/mol. The van der Waals surface area contributed by atoms with Crippen LogP contribution in [0.5, 0.6) is 0 Å². The number of hydrogen-bond acceptors (Lipinski definition) is 2. The van der Waals surface area contributed by atoms with E-state index in [1.165, 1.54) is 0 Å². The number of aromatic nitrogens is 1. The van der Waals surface area contributed by atoms with Crippen molar-refractivity contribution >= 4 is 28.6 Å². The van der Waals surface area contributed by atoms with Gasteiger partial charge in [-0.3, -0.25) is 0 Å². The molecule has 3 nitrogen and oxygen atoms in total. The standard InChI is InChI=1S/C7H4F2INO2/c8-6(9)3-2-11-5(7(12)13)1-4(3)10/h1-2,6H,(H,12,13). The Balaban J connectivity index is 3.13. The van der Waals surface area contributed by atoms with Gasteiger partial charge in [0.15, 0.2) is 0 Å². The van der Waals surface area contributed by atoms with E-state index in [2.05, 4.69) is 4.98 Å². The minimum atomic E-state index is -2.62. The van der Waals surface area contributed by atoms with Crippen LogP contribution in [0.4, 0.5) is 8.78 Å². The number of halogens is 3. The predicted molar refractivity (Wildman–Crippen MR) is 48.9 cm³/mol. The Morgan fingerprint density at radius 3 is 2.62 bits per heavy atom. The minimum Gasteiger partial charge on any atom is -0.477 e. The zero-order valence-corrected chi connectivity index (χ0v) is 8.33. The van der Waals surface area contributed by atoms with Gasteiger partial charge in [0.1, 0.15) is 5.69 Å². The summed E-state index contributed by atoms with van der Waals surface area (Å²) in [5.41, 5.74) is -0.473. The summed E-state index contributed by atoms with van der Waals surface area (Å²) in [5, 5.41) is 8.49. The molecule has 0 saturated heterocycles. The number of carbonyl (C=O) groups is 1. The first-order chi connectivity index (χ1) is 6.02. The van der Waals surface area contributed by atoms with Crippen molar-refractivity contribution in [3.05, 3.63) is 27.1 Å². The van der Waals surface area contributed by atoms with Crippen molar-refractivity contribution < 1.29 is 18.7 Å². The molecule has 0 saturated carbocycles. The Kier molecular flexibility index (Phi) is 3.12. The summed E-state index contributed by atoms with van der Waals surface area (Å²) >= 11 is 1.65. The molecule has 0 bridgehead atoms. The van der Waals surface area contributed by atoms with Gasteiger partial charge in [0, 0.05) is 15.3 Å². The van der Waals surface area contributed by atoms with Crippen LogP contribution in [-0.2, 0) is 0 Å². The molecule has 70 valence electrons. The lowest BCUT2D eigenvalue weighted by Crippen LogP contribution is -2.02. The molecule has 1 rings (SSSR count). The molecule has 0 aromatic carbocycles. The fourth-order valence-electron chi connectivity index (χ4n) is 0.719. The summed E-state index contributed by atoms with van der Waals surface area (Å²) in [6, 6.07) is 1.12. The number of rotatable bonds is 2. The van der Waals surface area contributed by atoms with Crippen LogP contribution >= 0.6 is 22.6 Å². The van der Waals surface area contributed by atoms with Gasteiger partial charge < -0.3 is 5.11 Å². The highest BCUT2D eigenvalue weighted by Gasteiger charge is 2.14. The SMILES string of the molecule is O=C(O)c1cc(I)c(C(F)F)cn1. The maximum Gasteiger partial charge on any atom is 0.354 e. The summed E-state index contributed by atoms with van der Waals surface area (Å²) in [6.07, 6.45) is -1.74. The van der Waals surface area contributed by atoms with Crippen molar-refractivity contribution in [2.75, 3.05) is 0 Å². The molecule has 1 aromatic rings. The van der Waals surface area contributed by atoms with E-state index in [1.54, 1.807) is 22.6 Å². The molecule has 0 fully saturated rings. The second-order valence-electron chi connectivity index (χ2n) is 2.20. The summed E-state index contributed by atoms with van der Waals surface area (Å²) in [4.78, 5) is 13.8. The van der Waals surface area contributed by atoms with Crippen LogP contribution in [-0.4, -0.2) is 16.1 Å². The summed E-state index contributed by atoms with van der Waals surface area (Å²) in [6.45, 7) is 0. The van der Waals surface area contributed by atoms with Crippen LogP contribution in [0, 0.1) is 3.57 Å². The number of carboxylic acids is 1. The van der Waals surface area contributed by atoms with Crippen LogP contribution < -0.4 is 0 Å². The Labute approximate surface area is 85.9 Å². The monoisotopic (exact) mass is 299 g/mol. The van der Waals surface area contributed by atoms with Crippen molar-refractivity contribution in [2.24, 2.45) is 0 Å². The van der Waals surface area contributed by atoms with Crippen molar-refractivity contribution in [3.63, 3.8) is 0 Å². The van der Waals surface area contributed by atoms with Gasteiger partial charge in [-0.05, 0) is 28.7 Å². The van der Waals surface area contributed by atoms with Crippen LogP contribution in [0.25, 0.3) is 0 Å². The highest BCUT2D eigenvalue weighted by molar-refractivity contribution is 14.1. The van der Waals surface area contributed by atoms with E-state index in [-0.39, 0.29) is 14.8 Å². The molecule has 0 aliphatic heterocycles. The van der Waals surface area contributed by atoms with Crippen molar-refractivity contribution in [1.29, 1.82) is 0 Å². The predicted octanol–water partition coefficient (Wildman–Crippen LogP) is 2.32. The van der Waals surface area contributed by atoms with Gasteiger partial charge in [-0.15, -0.1) is 0 Å². The third-order valence-electron chi connectivity index (χ3n) is 1.34. The third-order valence-corrected chi connectivity index (χ3v) is 2.27. The molecule has 0 unspecified atom stereocenters. The van der Waals surface area contributed by atoms with Crippen molar-refractivity contribution in [3.8, 4) is 0 Å². The topological polar surface area (TPSA) is 50.2 Å². The Morgan fingerprint density at radius 1 is 1.62 bits per heavy atom. The van der Waals surface area contributed by atoms with Crippen molar-refractivity contribution in [1.82, 2.24) is 4.98 Å². The number of pyridine rings is 1. The lowest BCUT2D eigenvalue weighted by Gasteiger charge is -2.02. The number of aromatic carboxylic acids is 1. The highest BCUT2D eigenvalue weighted by Crippen LogP contribution is 2.23. The maximum absolute atomic E-state index is 12.2. The zero-order chi connectivity index (χ0) is 10.0. The van der Waals surface area contributed by atoms with Crippen LogP contribution in [0.2, 0.25) is 0 Å². The van der Waals surface area contributed by atoms with E-state index >= 15 is 0 Å². The number of nitrogens with zero attached hydrogens (tertiary/aromatic N) is 1. The smallest absolute Gasteiger partial charge is 0.354 e. The lowest BCUT2D eigenvalue weighted by atomic mass is 10.2. The van der Waals surface area contributed by atoms with E-state index in [0.29, 0.717) is 0 Å². The van der Waals surface area contributed by atoms with Crippen LogP contribution in [0.15, 0.2) is 12.3 Å². The van der Waals surface area contributed by atoms with Crippen molar-refractivity contribution in [2.45, 2.75) is 6.43 Å². The summed E-state index contributed by atoms with van der Waals surface area (Å²) < 4.78 is 24.5. The second-order valence-corrected chi connectivity index (χ2v) is 3.36. The van der Waals surface area contributed by atoms with E-state index < -0.39 is 12.4 Å². The summed E-state index contributed by atoms with van der Waals surface area (Å²) in [5.74, 6) is -1.22. The first kappa shape index (κ1) is 10.3. The Bertz CT molecular complexity index is 343. The average Bonchev–Trinajstić information content (AvgIpc) is 2.03. The minimum absolute atomic E-state index is 0.208. The average molecular weight is 299 g/mol. The van der Waals surface area contributed by atoms with Gasteiger partial charge in [0.25, 0.3) is 6.43 Å². The maximum atomic E-state index is 12.2. The van der Waals surface area contributed by atoms with Crippen LogP contribution in [0.3, 0.4) is 0 Å². The van der Waals surface area contributed by atoms with E-state index in [1.807, 2.05) is 0 Å². The fourth-order valence-corrected chi connectivity index (χ4v) is 1.39. The molecule has 0 aliphatic rings. The first-order valence-corrected chi connectivity index (χ1v) is 4.27. The first-order valence-electron chi connectivity index (χ1n) is 3.19. The molecule has 6 heteroatoms. The molecule has 1 heterocycles. The molecule has 0 atom stereocenters. The Morgan fingerprint density at radius 2 is 2.23 bits per heavy atom. The molecule has 0 aliphatic carbocycles. The molecule has 0 radical (unpaired) electrons. The molecule has 13 heavy (non-hydrogen) atoms. The van der Waals surface area contributed by atoms with Gasteiger partial charge in [-0.2, -0.15) is 0 Å². The van der Waals surface area contributed by atoms with Gasteiger partial charge in [0.2, 0.25) is 0 Å². The summed E-state index contributed by atoms with van der Waals surface area (Å²) in [7, 11) is 0. The van der Waals surface area contributed by atoms with Gasteiger partial charge in [-0.25, -0.2) is 18.6 Å². The quantitative estimate of drug-likeness (QED) is 0.853. The molecular formula is C7H4F2INO2. The van der Waals surface area contributed by atoms with Gasteiger partial charge in [0.05, 0.1) is 0 Å². The number of carboxylic acid groups (broad SMARTS) is 1. The Hall–Kier alpha value is -0.790. The van der Waals surface area contributed by atoms with E-state index in [9.17, 15) is 13.6 Å². The van der Waals surface area contributed by atoms with E-state index in [4.69, 9.17) is 5.11 Å². The zero-order valence-electron chi connectivity index (χ0n) is 6.17. The molecule has 1 N–H and O–H groups in total.